The Morgan fingerprint density at radius 1 is 1.53 bits per heavy atom. The SMILES string of the molecule is O=C(O)COC1C=CC(Cl)=C(Cl)C1(Cl)Cl. The van der Waals surface area contributed by atoms with Gasteiger partial charge in [0.05, 0.1) is 10.1 Å². The third-order valence-electron chi connectivity index (χ3n) is 1.66. The number of carboxylic acids is 1. The molecule has 0 saturated heterocycles. The summed E-state index contributed by atoms with van der Waals surface area (Å²) in [5, 5.41) is 8.65. The number of allylic oxidation sites excluding steroid dienone is 2. The largest absolute Gasteiger partial charge is 0.480 e. The quantitative estimate of drug-likeness (QED) is 0.813. The van der Waals surface area contributed by atoms with Gasteiger partial charge in [0, 0.05) is 0 Å². The number of ether oxygens (including phenoxy) is 1. The highest BCUT2D eigenvalue weighted by Gasteiger charge is 2.41. The molecule has 0 aromatic carbocycles. The predicted octanol–water partition coefficient (Wildman–Crippen LogP) is 2.89. The van der Waals surface area contributed by atoms with Crippen LogP contribution in [0.4, 0.5) is 0 Å². The highest BCUT2D eigenvalue weighted by atomic mass is 35.5. The van der Waals surface area contributed by atoms with Gasteiger partial charge in [-0.3, -0.25) is 0 Å². The van der Waals surface area contributed by atoms with Crippen molar-refractivity contribution in [3.8, 4) is 0 Å². The second kappa shape index (κ2) is 4.93. The lowest BCUT2D eigenvalue weighted by Crippen LogP contribution is -2.36. The van der Waals surface area contributed by atoms with Crippen LogP contribution in [0.15, 0.2) is 22.2 Å². The number of rotatable bonds is 3. The van der Waals surface area contributed by atoms with E-state index in [1.54, 1.807) is 0 Å². The van der Waals surface area contributed by atoms with Crippen molar-refractivity contribution in [1.29, 1.82) is 0 Å². The minimum atomic E-state index is -1.55. The molecule has 1 rings (SSSR count). The first kappa shape index (κ1) is 13.1. The van der Waals surface area contributed by atoms with Gasteiger partial charge in [0.1, 0.15) is 12.7 Å². The molecule has 0 aromatic heterocycles. The Balaban J connectivity index is 2.78. The molecule has 7 heteroatoms. The molecule has 0 spiro atoms. The molecule has 0 bridgehead atoms. The summed E-state index contributed by atoms with van der Waals surface area (Å²) < 4.78 is 3.40. The van der Waals surface area contributed by atoms with Gasteiger partial charge in [-0.05, 0) is 6.08 Å². The van der Waals surface area contributed by atoms with Crippen LogP contribution in [0.3, 0.4) is 0 Å². The van der Waals surface area contributed by atoms with Crippen LogP contribution < -0.4 is 0 Å². The van der Waals surface area contributed by atoms with Crippen molar-refractivity contribution in [3.05, 3.63) is 22.2 Å². The molecular formula is C8H6Cl4O3. The van der Waals surface area contributed by atoms with Crippen LogP contribution in [0.1, 0.15) is 0 Å². The van der Waals surface area contributed by atoms with E-state index in [2.05, 4.69) is 0 Å². The summed E-state index contributed by atoms with van der Waals surface area (Å²) >= 11 is 23.3. The third kappa shape index (κ3) is 3.02. The molecule has 1 atom stereocenters. The van der Waals surface area contributed by atoms with Crippen LogP contribution >= 0.6 is 46.4 Å². The van der Waals surface area contributed by atoms with Gasteiger partial charge < -0.3 is 9.84 Å². The maximum Gasteiger partial charge on any atom is 0.329 e. The number of carboxylic acid groups (broad SMARTS) is 1. The van der Waals surface area contributed by atoms with Crippen LogP contribution in [0.5, 0.6) is 0 Å². The average molecular weight is 292 g/mol. The predicted molar refractivity (Wildman–Crippen MR) is 59.7 cm³/mol. The first-order valence-corrected chi connectivity index (χ1v) is 5.32. The molecule has 0 radical (unpaired) electrons. The van der Waals surface area contributed by atoms with E-state index in [9.17, 15) is 4.79 Å². The van der Waals surface area contributed by atoms with Gasteiger partial charge in [0.25, 0.3) is 0 Å². The molecule has 0 saturated carbocycles. The van der Waals surface area contributed by atoms with Crippen LogP contribution in [0.25, 0.3) is 0 Å². The van der Waals surface area contributed by atoms with E-state index in [0.717, 1.165) is 0 Å². The lowest BCUT2D eigenvalue weighted by molar-refractivity contribution is -0.143. The van der Waals surface area contributed by atoms with E-state index in [-0.39, 0.29) is 10.1 Å². The second-order valence-electron chi connectivity index (χ2n) is 2.77. The Hall–Kier alpha value is 0.0700. The normalized spacial score (nSPS) is 24.4. The van der Waals surface area contributed by atoms with Crippen molar-refractivity contribution in [2.75, 3.05) is 6.61 Å². The molecule has 84 valence electrons. The first-order valence-electron chi connectivity index (χ1n) is 3.81. The van der Waals surface area contributed by atoms with Gasteiger partial charge in [0.2, 0.25) is 0 Å². The minimum absolute atomic E-state index is 0.0189. The molecule has 0 aliphatic heterocycles. The summed E-state index contributed by atoms with van der Waals surface area (Å²) in [5.74, 6) is -1.12. The van der Waals surface area contributed by atoms with Gasteiger partial charge in [-0.1, -0.05) is 52.5 Å². The average Bonchev–Trinajstić information content (AvgIpc) is 2.13. The fraction of sp³-hybridized carbons (Fsp3) is 0.375. The summed E-state index contributed by atoms with van der Waals surface area (Å²) in [4.78, 5) is 10.3. The lowest BCUT2D eigenvalue weighted by atomic mass is 10.1. The van der Waals surface area contributed by atoms with Crippen LogP contribution in [-0.2, 0) is 9.53 Å². The Morgan fingerprint density at radius 2 is 2.13 bits per heavy atom. The summed E-state index contributed by atoms with van der Waals surface area (Å²) in [6.45, 7) is -0.516. The van der Waals surface area contributed by atoms with Gasteiger partial charge in [-0.2, -0.15) is 0 Å². The number of alkyl halides is 2. The van der Waals surface area contributed by atoms with Crippen molar-refractivity contribution in [2.45, 2.75) is 10.4 Å². The van der Waals surface area contributed by atoms with Crippen molar-refractivity contribution in [1.82, 2.24) is 0 Å². The zero-order valence-electron chi connectivity index (χ0n) is 7.21. The monoisotopic (exact) mass is 290 g/mol. The van der Waals surface area contributed by atoms with E-state index in [1.807, 2.05) is 0 Å². The van der Waals surface area contributed by atoms with Crippen molar-refractivity contribution >= 4 is 52.4 Å². The fourth-order valence-electron chi connectivity index (χ4n) is 0.971. The number of aliphatic carboxylic acids is 1. The standard InChI is InChI=1S/C8H6Cl4O3/c9-4-1-2-5(15-3-6(13)14)8(11,12)7(4)10/h1-2,5H,3H2,(H,13,14). The molecule has 1 aliphatic carbocycles. The Bertz CT molecular complexity index is 335. The van der Waals surface area contributed by atoms with Gasteiger partial charge in [0.15, 0.2) is 4.33 Å². The highest BCUT2D eigenvalue weighted by Crippen LogP contribution is 2.43. The lowest BCUT2D eigenvalue weighted by Gasteiger charge is -2.29. The van der Waals surface area contributed by atoms with Crippen molar-refractivity contribution in [2.24, 2.45) is 0 Å². The van der Waals surface area contributed by atoms with Crippen LogP contribution in [-0.4, -0.2) is 28.1 Å². The van der Waals surface area contributed by atoms with Crippen molar-refractivity contribution < 1.29 is 14.6 Å². The van der Waals surface area contributed by atoms with E-state index < -0.39 is 23.0 Å². The summed E-state index contributed by atoms with van der Waals surface area (Å²) in [6.07, 6.45) is 2.07. The Labute approximate surface area is 106 Å². The zero-order chi connectivity index (χ0) is 11.6. The number of hydrogen-bond donors (Lipinski definition) is 1. The second-order valence-corrected chi connectivity index (χ2v) is 4.94. The summed E-state index contributed by atoms with van der Waals surface area (Å²) in [7, 11) is 0. The fourth-order valence-corrected chi connectivity index (χ4v) is 1.94. The highest BCUT2D eigenvalue weighted by molar-refractivity contribution is 6.58. The molecule has 0 aromatic rings. The first-order chi connectivity index (χ1) is 6.85. The maximum atomic E-state index is 10.3. The molecule has 0 heterocycles. The number of halogens is 4. The Kier molecular flexibility index (Phi) is 4.32. The van der Waals surface area contributed by atoms with Gasteiger partial charge in [-0.15, -0.1) is 0 Å². The molecule has 15 heavy (non-hydrogen) atoms. The molecular weight excluding hydrogens is 286 g/mol. The van der Waals surface area contributed by atoms with Crippen LogP contribution in [0, 0.1) is 0 Å². The summed E-state index contributed by atoms with van der Waals surface area (Å²) in [5.41, 5.74) is 0. The van der Waals surface area contributed by atoms with E-state index in [4.69, 9.17) is 56.2 Å². The van der Waals surface area contributed by atoms with Gasteiger partial charge >= 0.3 is 5.97 Å². The Morgan fingerprint density at radius 3 is 2.67 bits per heavy atom. The molecule has 1 aliphatic rings. The molecule has 0 fully saturated rings. The minimum Gasteiger partial charge on any atom is -0.480 e. The maximum absolute atomic E-state index is 10.3. The summed E-state index contributed by atoms with van der Waals surface area (Å²) in [6, 6.07) is 0. The zero-order valence-corrected chi connectivity index (χ0v) is 10.2. The molecule has 0 amide bonds. The van der Waals surface area contributed by atoms with Gasteiger partial charge in [-0.25, -0.2) is 4.79 Å². The van der Waals surface area contributed by atoms with Crippen molar-refractivity contribution in [3.63, 3.8) is 0 Å². The number of hydrogen-bond acceptors (Lipinski definition) is 2. The number of carbonyl (C=O) groups is 1. The molecule has 1 unspecified atom stereocenters. The molecule has 3 nitrogen and oxygen atoms in total. The van der Waals surface area contributed by atoms with Crippen LogP contribution in [0.2, 0.25) is 0 Å². The topological polar surface area (TPSA) is 46.5 Å². The van der Waals surface area contributed by atoms with E-state index in [1.165, 1.54) is 12.2 Å². The third-order valence-corrected chi connectivity index (χ3v) is 3.58. The molecule has 1 N–H and O–H groups in total. The van der Waals surface area contributed by atoms with E-state index in [0.29, 0.717) is 0 Å². The smallest absolute Gasteiger partial charge is 0.329 e. The van der Waals surface area contributed by atoms with E-state index >= 15 is 0 Å².